The lowest BCUT2D eigenvalue weighted by atomic mass is 9.53. The van der Waals surface area contributed by atoms with E-state index < -0.39 is 77.6 Å². The molecule has 0 aromatic carbocycles. The van der Waals surface area contributed by atoms with E-state index in [1.54, 1.807) is 60.6 Å². The zero-order chi connectivity index (χ0) is 33.0. The van der Waals surface area contributed by atoms with Crippen LogP contribution in [0.2, 0.25) is 0 Å². The highest BCUT2D eigenvalue weighted by Crippen LogP contribution is 2.70. The lowest BCUT2D eigenvalue weighted by molar-refractivity contribution is -0.341. The van der Waals surface area contributed by atoms with Crippen molar-refractivity contribution in [1.82, 2.24) is 0 Å². The SMILES string of the molecule is C=C1C(O)CCC2(C)CCC(O)(C(C)(C)OC3OC(C)C(OC(=O)C(C)=CC)C(OC(C)=O)C3OC(=O)C(C)=CC)C3OC132. The van der Waals surface area contributed by atoms with Crippen LogP contribution in [0.25, 0.3) is 0 Å². The number of epoxide rings is 1. The average Bonchev–Trinajstić information content (AvgIpc) is 3.74. The zero-order valence-electron chi connectivity index (χ0n) is 27.3. The van der Waals surface area contributed by atoms with Crippen molar-refractivity contribution in [3.8, 4) is 0 Å². The van der Waals surface area contributed by atoms with E-state index in [1.807, 2.05) is 0 Å². The maximum atomic E-state index is 13.1. The Kier molecular flexibility index (Phi) is 9.34. The Bertz CT molecular complexity index is 1250. The van der Waals surface area contributed by atoms with Gasteiger partial charge in [0.25, 0.3) is 0 Å². The van der Waals surface area contributed by atoms with Gasteiger partial charge in [0.1, 0.15) is 17.3 Å². The molecule has 2 saturated carbocycles. The number of rotatable bonds is 8. The molecule has 1 spiro atoms. The van der Waals surface area contributed by atoms with Gasteiger partial charge in [0, 0.05) is 23.5 Å². The molecule has 4 rings (SSSR count). The first-order valence-electron chi connectivity index (χ1n) is 15.3. The van der Waals surface area contributed by atoms with Crippen molar-refractivity contribution in [1.29, 1.82) is 0 Å². The molecule has 4 aliphatic rings. The number of aliphatic hydroxyl groups is 2. The second-order valence-corrected chi connectivity index (χ2v) is 13.4. The normalized spacial score (nSPS) is 40.8. The van der Waals surface area contributed by atoms with Crippen LogP contribution in [-0.2, 0) is 42.8 Å². The highest BCUT2D eigenvalue weighted by atomic mass is 16.7. The van der Waals surface area contributed by atoms with Gasteiger partial charge >= 0.3 is 17.9 Å². The number of ether oxygens (including phenoxy) is 6. The fourth-order valence-corrected chi connectivity index (χ4v) is 7.01. The number of aliphatic hydroxyl groups excluding tert-OH is 1. The van der Waals surface area contributed by atoms with Crippen LogP contribution >= 0.6 is 0 Å². The number of esters is 3. The Morgan fingerprint density at radius 2 is 1.52 bits per heavy atom. The van der Waals surface area contributed by atoms with Crippen molar-refractivity contribution < 1.29 is 53.0 Å². The molecular weight excluding hydrogens is 572 g/mol. The second kappa shape index (κ2) is 12.0. The summed E-state index contributed by atoms with van der Waals surface area (Å²) in [6.45, 7) is 19.0. The van der Waals surface area contributed by atoms with E-state index in [2.05, 4.69) is 13.5 Å². The van der Waals surface area contributed by atoms with Crippen molar-refractivity contribution in [3.05, 3.63) is 35.5 Å². The van der Waals surface area contributed by atoms with Gasteiger partial charge in [0.15, 0.2) is 24.6 Å². The Morgan fingerprint density at radius 1 is 0.955 bits per heavy atom. The van der Waals surface area contributed by atoms with Crippen LogP contribution in [0.3, 0.4) is 0 Å². The summed E-state index contributed by atoms with van der Waals surface area (Å²) in [5.74, 6) is -2.05. The van der Waals surface area contributed by atoms with E-state index in [0.717, 1.165) is 6.42 Å². The molecule has 0 aromatic heterocycles. The Hall–Kier alpha value is -2.57. The maximum absolute atomic E-state index is 13.1. The first kappa shape index (κ1) is 34.3. The van der Waals surface area contributed by atoms with E-state index in [4.69, 9.17) is 28.4 Å². The van der Waals surface area contributed by atoms with Gasteiger partial charge in [-0.1, -0.05) is 25.7 Å². The standard InChI is InChI=1S/C33H48O11/c1-11-17(3)26(36)41-23-20(6)39-28(25(24(23)40-21(7)34)42-27(37)18(4)12-2)43-30(8,9)32(38)16-15-31(10)14-13-22(35)19(5)33(31)29(32)44-33/h11-12,20,22-25,28-29,35,38H,5,13-16H2,1-4,6-10H3. The van der Waals surface area contributed by atoms with Crippen molar-refractivity contribution in [2.75, 3.05) is 0 Å². The molecule has 11 heteroatoms. The summed E-state index contributed by atoms with van der Waals surface area (Å²) < 4.78 is 36.3. The van der Waals surface area contributed by atoms with Gasteiger partial charge < -0.3 is 38.6 Å². The van der Waals surface area contributed by atoms with E-state index in [9.17, 15) is 24.6 Å². The summed E-state index contributed by atoms with van der Waals surface area (Å²) in [5, 5.41) is 23.0. The molecular formula is C33H48O11. The van der Waals surface area contributed by atoms with Crippen LogP contribution in [0.4, 0.5) is 0 Å². The molecule has 0 bridgehead atoms. The molecule has 4 fully saturated rings. The Morgan fingerprint density at radius 3 is 2.07 bits per heavy atom. The van der Waals surface area contributed by atoms with E-state index in [0.29, 0.717) is 30.4 Å². The predicted octanol–water partition coefficient (Wildman–Crippen LogP) is 3.59. The van der Waals surface area contributed by atoms with Crippen molar-refractivity contribution in [2.24, 2.45) is 5.41 Å². The molecule has 2 heterocycles. The van der Waals surface area contributed by atoms with Crippen LogP contribution in [-0.4, -0.2) is 87.8 Å². The minimum Gasteiger partial charge on any atom is -0.454 e. The van der Waals surface area contributed by atoms with Crippen LogP contribution in [0.5, 0.6) is 0 Å². The summed E-state index contributed by atoms with van der Waals surface area (Å²) in [7, 11) is 0. The number of hydrogen-bond acceptors (Lipinski definition) is 11. The molecule has 2 N–H and O–H groups in total. The predicted molar refractivity (Wildman–Crippen MR) is 158 cm³/mol. The molecule has 0 aromatic rings. The number of hydrogen-bond donors (Lipinski definition) is 2. The minimum absolute atomic E-state index is 0.286. The van der Waals surface area contributed by atoms with Crippen LogP contribution in [0.15, 0.2) is 35.5 Å². The third kappa shape index (κ3) is 5.55. The van der Waals surface area contributed by atoms with Crippen LogP contribution in [0, 0.1) is 5.41 Å². The number of carbonyl (C=O) groups excluding carboxylic acids is 3. The maximum Gasteiger partial charge on any atom is 0.333 e. The minimum atomic E-state index is -1.56. The fraction of sp³-hybridized carbons (Fsp3) is 0.727. The van der Waals surface area contributed by atoms with Gasteiger partial charge in [-0.3, -0.25) is 4.79 Å². The second-order valence-electron chi connectivity index (χ2n) is 13.4. The third-order valence-corrected chi connectivity index (χ3v) is 10.3. The zero-order valence-corrected chi connectivity index (χ0v) is 27.3. The largest absolute Gasteiger partial charge is 0.454 e. The first-order chi connectivity index (χ1) is 20.4. The lowest BCUT2D eigenvalue weighted by Gasteiger charge is -2.54. The Balaban J connectivity index is 1.69. The molecule has 10 atom stereocenters. The lowest BCUT2D eigenvalue weighted by Crippen LogP contribution is -2.67. The van der Waals surface area contributed by atoms with Crippen LogP contribution < -0.4 is 0 Å². The third-order valence-electron chi connectivity index (χ3n) is 10.3. The highest BCUT2D eigenvalue weighted by Gasteiger charge is 2.81. The molecule has 2 saturated heterocycles. The monoisotopic (exact) mass is 620 g/mol. The summed E-state index contributed by atoms with van der Waals surface area (Å²) in [6.07, 6.45) is -2.09. The smallest absolute Gasteiger partial charge is 0.333 e. The molecule has 246 valence electrons. The van der Waals surface area contributed by atoms with E-state index in [1.165, 1.54) is 6.92 Å². The van der Waals surface area contributed by atoms with Gasteiger partial charge in [-0.2, -0.15) is 0 Å². The topological polar surface area (TPSA) is 150 Å². The van der Waals surface area contributed by atoms with Crippen LogP contribution in [0.1, 0.15) is 88.0 Å². The molecule has 0 amide bonds. The van der Waals surface area contributed by atoms with Crippen molar-refractivity contribution in [2.45, 2.75) is 148 Å². The van der Waals surface area contributed by atoms with Crippen molar-refractivity contribution in [3.63, 3.8) is 0 Å². The van der Waals surface area contributed by atoms with Gasteiger partial charge in [0.2, 0.25) is 0 Å². The quantitative estimate of drug-likeness (QED) is 0.135. The Labute approximate surface area is 259 Å². The summed E-state index contributed by atoms with van der Waals surface area (Å²) >= 11 is 0. The molecule has 44 heavy (non-hydrogen) atoms. The van der Waals surface area contributed by atoms with Gasteiger partial charge in [0.05, 0.1) is 17.8 Å². The molecule has 0 radical (unpaired) electrons. The molecule has 11 nitrogen and oxygen atoms in total. The highest BCUT2D eigenvalue weighted by molar-refractivity contribution is 5.88. The van der Waals surface area contributed by atoms with E-state index >= 15 is 0 Å². The van der Waals surface area contributed by atoms with Gasteiger partial charge in [-0.25, -0.2) is 9.59 Å². The number of carbonyl (C=O) groups is 3. The van der Waals surface area contributed by atoms with Gasteiger partial charge in [-0.15, -0.1) is 0 Å². The van der Waals surface area contributed by atoms with Gasteiger partial charge in [-0.05, 0) is 79.7 Å². The summed E-state index contributed by atoms with van der Waals surface area (Å²) in [5.41, 5.74) is -2.98. The fourth-order valence-electron chi connectivity index (χ4n) is 7.01. The first-order valence-corrected chi connectivity index (χ1v) is 15.3. The molecule has 2 aliphatic carbocycles. The molecule has 10 unspecified atom stereocenters. The van der Waals surface area contributed by atoms with E-state index in [-0.39, 0.29) is 11.0 Å². The molecule has 2 aliphatic heterocycles. The number of allylic oxidation sites excluding steroid dienone is 2. The summed E-state index contributed by atoms with van der Waals surface area (Å²) in [4.78, 5) is 38.2. The summed E-state index contributed by atoms with van der Waals surface area (Å²) in [6, 6.07) is 0. The average molecular weight is 621 g/mol. The van der Waals surface area contributed by atoms with Crippen molar-refractivity contribution >= 4 is 17.9 Å².